The van der Waals surface area contributed by atoms with E-state index in [-0.39, 0.29) is 6.10 Å². The van der Waals surface area contributed by atoms with Crippen LogP contribution in [0.1, 0.15) is 5.56 Å². The molecule has 19 heavy (non-hydrogen) atoms. The average molecular weight is 273 g/mol. The lowest BCUT2D eigenvalue weighted by atomic mass is 10.2. The van der Waals surface area contributed by atoms with Crippen molar-refractivity contribution in [2.75, 3.05) is 17.6 Å². The first-order valence-corrected chi connectivity index (χ1v) is 7.59. The standard InChI is InChI=1S/C16H19NOS/c18-16(11-17-15-9-5-2-6-10-15)13-19-12-14-7-3-1-4-8-14/h1-10,16-18H,11-13H2. The van der Waals surface area contributed by atoms with Gasteiger partial charge in [0.15, 0.2) is 0 Å². The molecule has 2 N–H and O–H groups in total. The molecule has 0 saturated carbocycles. The van der Waals surface area contributed by atoms with Gasteiger partial charge in [-0.15, -0.1) is 0 Å². The zero-order chi connectivity index (χ0) is 13.3. The van der Waals surface area contributed by atoms with Crippen molar-refractivity contribution in [3.63, 3.8) is 0 Å². The Morgan fingerprint density at radius 2 is 1.58 bits per heavy atom. The molecule has 0 heterocycles. The van der Waals surface area contributed by atoms with Crippen molar-refractivity contribution in [2.24, 2.45) is 0 Å². The van der Waals surface area contributed by atoms with E-state index in [2.05, 4.69) is 17.4 Å². The topological polar surface area (TPSA) is 32.3 Å². The first-order chi connectivity index (χ1) is 9.34. The Morgan fingerprint density at radius 1 is 0.947 bits per heavy atom. The molecule has 3 heteroatoms. The van der Waals surface area contributed by atoms with E-state index >= 15 is 0 Å². The van der Waals surface area contributed by atoms with Crippen molar-refractivity contribution in [1.82, 2.24) is 0 Å². The Morgan fingerprint density at radius 3 is 2.26 bits per heavy atom. The number of thioether (sulfide) groups is 1. The summed E-state index contributed by atoms with van der Waals surface area (Å²) < 4.78 is 0. The molecule has 0 fully saturated rings. The van der Waals surface area contributed by atoms with E-state index in [4.69, 9.17) is 0 Å². The van der Waals surface area contributed by atoms with Crippen LogP contribution in [-0.2, 0) is 5.75 Å². The summed E-state index contributed by atoms with van der Waals surface area (Å²) in [7, 11) is 0. The lowest BCUT2D eigenvalue weighted by Gasteiger charge is -2.12. The summed E-state index contributed by atoms with van der Waals surface area (Å²) in [6, 6.07) is 20.3. The summed E-state index contributed by atoms with van der Waals surface area (Å²) in [5.74, 6) is 1.69. The maximum Gasteiger partial charge on any atom is 0.0802 e. The zero-order valence-corrected chi connectivity index (χ0v) is 11.6. The summed E-state index contributed by atoms with van der Waals surface area (Å²) in [5.41, 5.74) is 2.35. The third-order valence-corrected chi connectivity index (χ3v) is 3.90. The van der Waals surface area contributed by atoms with Gasteiger partial charge in [-0.3, -0.25) is 0 Å². The normalized spacial score (nSPS) is 12.1. The molecule has 100 valence electrons. The lowest BCUT2D eigenvalue weighted by Crippen LogP contribution is -2.21. The second-order valence-electron chi connectivity index (χ2n) is 4.40. The quantitative estimate of drug-likeness (QED) is 0.811. The van der Waals surface area contributed by atoms with Crippen molar-refractivity contribution >= 4 is 17.4 Å². The van der Waals surface area contributed by atoms with Crippen LogP contribution in [0.3, 0.4) is 0 Å². The van der Waals surface area contributed by atoms with Crippen LogP contribution in [0.25, 0.3) is 0 Å². The number of nitrogens with one attached hydrogen (secondary N) is 1. The van der Waals surface area contributed by atoms with Gasteiger partial charge in [-0.2, -0.15) is 11.8 Å². The van der Waals surface area contributed by atoms with E-state index in [0.717, 1.165) is 17.2 Å². The van der Waals surface area contributed by atoms with E-state index in [0.29, 0.717) is 6.54 Å². The number of aliphatic hydroxyl groups excluding tert-OH is 1. The molecule has 0 spiro atoms. The van der Waals surface area contributed by atoms with E-state index in [1.165, 1.54) is 5.56 Å². The first kappa shape index (κ1) is 14.0. The Labute approximate surface area is 118 Å². The van der Waals surface area contributed by atoms with Crippen molar-refractivity contribution in [3.8, 4) is 0 Å². The summed E-state index contributed by atoms with van der Waals surface area (Å²) in [6.07, 6.45) is -0.325. The molecule has 0 aromatic heterocycles. The second-order valence-corrected chi connectivity index (χ2v) is 5.43. The SMILES string of the molecule is OC(CNc1ccccc1)CSCc1ccccc1. The van der Waals surface area contributed by atoms with Crippen LogP contribution >= 0.6 is 11.8 Å². The fraction of sp³-hybridized carbons (Fsp3) is 0.250. The van der Waals surface area contributed by atoms with Crippen molar-refractivity contribution < 1.29 is 5.11 Å². The zero-order valence-electron chi connectivity index (χ0n) is 10.8. The Hall–Kier alpha value is -1.45. The largest absolute Gasteiger partial charge is 0.390 e. The maximum atomic E-state index is 9.91. The van der Waals surface area contributed by atoms with Crippen molar-refractivity contribution in [3.05, 3.63) is 66.2 Å². The third kappa shape index (κ3) is 5.37. The molecule has 0 bridgehead atoms. The molecule has 2 aromatic rings. The molecule has 0 radical (unpaired) electrons. The molecule has 0 amide bonds. The van der Waals surface area contributed by atoms with Crippen LogP contribution in [0.5, 0.6) is 0 Å². The number of benzene rings is 2. The van der Waals surface area contributed by atoms with Gasteiger partial charge in [-0.05, 0) is 17.7 Å². The number of anilines is 1. The van der Waals surface area contributed by atoms with E-state index in [1.807, 2.05) is 48.5 Å². The molecular formula is C16H19NOS. The lowest BCUT2D eigenvalue weighted by molar-refractivity contribution is 0.213. The smallest absolute Gasteiger partial charge is 0.0802 e. The van der Waals surface area contributed by atoms with Gasteiger partial charge in [-0.25, -0.2) is 0 Å². The summed E-state index contributed by atoms with van der Waals surface area (Å²) in [6.45, 7) is 0.589. The molecule has 2 nitrogen and oxygen atoms in total. The molecular weight excluding hydrogens is 254 g/mol. The molecule has 0 aliphatic carbocycles. The highest BCUT2D eigenvalue weighted by Gasteiger charge is 2.04. The number of hydrogen-bond donors (Lipinski definition) is 2. The second kappa shape index (κ2) is 7.87. The molecule has 0 aliphatic heterocycles. The van der Waals surface area contributed by atoms with E-state index < -0.39 is 0 Å². The number of para-hydroxylation sites is 1. The number of rotatable bonds is 7. The third-order valence-electron chi connectivity index (χ3n) is 2.74. The fourth-order valence-corrected chi connectivity index (χ4v) is 2.67. The minimum Gasteiger partial charge on any atom is -0.390 e. The molecule has 0 saturated heterocycles. The van der Waals surface area contributed by atoms with Crippen molar-refractivity contribution in [2.45, 2.75) is 11.9 Å². The Balaban J connectivity index is 1.64. The van der Waals surface area contributed by atoms with Gasteiger partial charge >= 0.3 is 0 Å². The molecule has 1 atom stereocenters. The van der Waals surface area contributed by atoms with Crippen LogP contribution < -0.4 is 5.32 Å². The van der Waals surface area contributed by atoms with Gasteiger partial charge in [0.05, 0.1) is 6.10 Å². The predicted octanol–water partition coefficient (Wildman–Crippen LogP) is 3.39. The van der Waals surface area contributed by atoms with Gasteiger partial charge in [0.2, 0.25) is 0 Å². The van der Waals surface area contributed by atoms with Gasteiger partial charge in [0.25, 0.3) is 0 Å². The van der Waals surface area contributed by atoms with E-state index in [9.17, 15) is 5.11 Å². The average Bonchev–Trinajstić information content (AvgIpc) is 2.47. The van der Waals surface area contributed by atoms with Crippen molar-refractivity contribution in [1.29, 1.82) is 0 Å². The van der Waals surface area contributed by atoms with Gasteiger partial charge in [-0.1, -0.05) is 48.5 Å². The van der Waals surface area contributed by atoms with Crippen LogP contribution in [0, 0.1) is 0 Å². The van der Waals surface area contributed by atoms with Gasteiger partial charge in [0, 0.05) is 23.7 Å². The minimum absolute atomic E-state index is 0.325. The summed E-state index contributed by atoms with van der Waals surface area (Å²) in [4.78, 5) is 0. The van der Waals surface area contributed by atoms with E-state index in [1.54, 1.807) is 11.8 Å². The van der Waals surface area contributed by atoms with Crippen LogP contribution in [0.2, 0.25) is 0 Å². The molecule has 2 rings (SSSR count). The highest BCUT2D eigenvalue weighted by molar-refractivity contribution is 7.98. The maximum absolute atomic E-state index is 9.91. The summed E-state index contributed by atoms with van der Waals surface area (Å²) >= 11 is 1.76. The molecule has 0 aliphatic rings. The first-order valence-electron chi connectivity index (χ1n) is 6.43. The van der Waals surface area contributed by atoms with Gasteiger partial charge in [0.1, 0.15) is 0 Å². The fourth-order valence-electron chi connectivity index (χ4n) is 1.74. The highest BCUT2D eigenvalue weighted by atomic mass is 32.2. The van der Waals surface area contributed by atoms with Gasteiger partial charge < -0.3 is 10.4 Å². The highest BCUT2D eigenvalue weighted by Crippen LogP contribution is 2.13. The molecule has 2 aromatic carbocycles. The monoisotopic (exact) mass is 273 g/mol. The van der Waals surface area contributed by atoms with Crippen LogP contribution in [0.4, 0.5) is 5.69 Å². The minimum atomic E-state index is -0.325. The van der Waals surface area contributed by atoms with Crippen LogP contribution in [0.15, 0.2) is 60.7 Å². The number of hydrogen-bond acceptors (Lipinski definition) is 3. The Kier molecular flexibility index (Phi) is 5.79. The Bertz CT molecular complexity index is 461. The molecule has 1 unspecified atom stereocenters. The number of aliphatic hydroxyl groups is 1. The van der Waals surface area contributed by atoms with Crippen LogP contribution in [-0.4, -0.2) is 23.5 Å². The summed E-state index contributed by atoms with van der Waals surface area (Å²) in [5, 5.41) is 13.1. The predicted molar refractivity (Wildman–Crippen MR) is 83.5 cm³/mol.